The predicted octanol–water partition coefficient (Wildman–Crippen LogP) is 1.72. The summed E-state index contributed by atoms with van der Waals surface area (Å²) in [6.45, 7) is 4.56. The van der Waals surface area contributed by atoms with E-state index in [1.165, 1.54) is 43.6 Å². The highest BCUT2D eigenvalue weighted by molar-refractivity contribution is 5.51. The molecular weight excluding hydrogens is 248 g/mol. The Morgan fingerprint density at radius 3 is 2.95 bits per heavy atom. The van der Waals surface area contributed by atoms with Gasteiger partial charge in [-0.3, -0.25) is 4.98 Å². The Labute approximate surface area is 122 Å². The lowest BCUT2D eigenvalue weighted by Gasteiger charge is -2.25. The zero-order chi connectivity index (χ0) is 13.9. The average Bonchev–Trinajstić information content (AvgIpc) is 3.19. The van der Waals surface area contributed by atoms with Crippen LogP contribution in [0.4, 0.5) is 5.69 Å². The Morgan fingerprint density at radius 1 is 1.40 bits per heavy atom. The number of hydrogen-bond donors (Lipinski definition) is 1. The Balaban J connectivity index is 1.61. The first kappa shape index (κ1) is 13.8. The Bertz CT molecular complexity index is 444. The van der Waals surface area contributed by atoms with Crippen LogP contribution in [-0.2, 0) is 6.54 Å². The smallest absolute Gasteiger partial charge is 0.0595 e. The van der Waals surface area contributed by atoms with Crippen molar-refractivity contribution in [1.29, 1.82) is 0 Å². The van der Waals surface area contributed by atoms with Crippen molar-refractivity contribution in [2.45, 2.75) is 31.8 Å². The number of nitrogens with zero attached hydrogens (tertiary/aromatic N) is 3. The first-order valence-electron chi connectivity index (χ1n) is 7.78. The molecule has 4 nitrogen and oxygen atoms in total. The quantitative estimate of drug-likeness (QED) is 0.856. The van der Waals surface area contributed by atoms with Crippen molar-refractivity contribution in [2.75, 3.05) is 38.6 Å². The van der Waals surface area contributed by atoms with Gasteiger partial charge in [0.1, 0.15) is 0 Å². The van der Waals surface area contributed by atoms with E-state index in [4.69, 9.17) is 0 Å². The van der Waals surface area contributed by atoms with Crippen molar-refractivity contribution >= 4 is 5.69 Å². The fraction of sp³-hybridized carbons (Fsp3) is 0.688. The molecule has 1 saturated carbocycles. The van der Waals surface area contributed by atoms with Crippen molar-refractivity contribution in [2.24, 2.45) is 5.92 Å². The molecule has 3 rings (SSSR count). The summed E-state index contributed by atoms with van der Waals surface area (Å²) in [5.41, 5.74) is 2.66. The van der Waals surface area contributed by atoms with Gasteiger partial charge in [-0.2, -0.15) is 0 Å². The molecule has 0 aromatic carbocycles. The first-order chi connectivity index (χ1) is 9.72. The van der Waals surface area contributed by atoms with Crippen LogP contribution in [0.2, 0.25) is 0 Å². The van der Waals surface area contributed by atoms with Gasteiger partial charge in [0, 0.05) is 38.9 Å². The molecule has 0 spiro atoms. The van der Waals surface area contributed by atoms with E-state index >= 15 is 0 Å². The van der Waals surface area contributed by atoms with Crippen molar-refractivity contribution in [3.8, 4) is 0 Å². The fourth-order valence-electron chi connectivity index (χ4n) is 3.11. The Hall–Kier alpha value is -1.13. The van der Waals surface area contributed by atoms with Gasteiger partial charge in [-0.05, 0) is 50.4 Å². The van der Waals surface area contributed by atoms with Gasteiger partial charge in [-0.1, -0.05) is 0 Å². The van der Waals surface area contributed by atoms with E-state index < -0.39 is 0 Å². The number of hydrogen-bond acceptors (Lipinski definition) is 4. The highest BCUT2D eigenvalue weighted by Crippen LogP contribution is 2.24. The van der Waals surface area contributed by atoms with Gasteiger partial charge in [0.25, 0.3) is 0 Å². The molecule has 2 aliphatic rings. The third-order valence-electron chi connectivity index (χ3n) is 4.48. The molecule has 1 aliphatic heterocycles. The summed E-state index contributed by atoms with van der Waals surface area (Å²) >= 11 is 0. The highest BCUT2D eigenvalue weighted by Gasteiger charge is 2.23. The van der Waals surface area contributed by atoms with E-state index in [1.54, 1.807) is 0 Å². The van der Waals surface area contributed by atoms with Gasteiger partial charge < -0.3 is 15.1 Å². The van der Waals surface area contributed by atoms with Crippen LogP contribution in [0.1, 0.15) is 24.8 Å². The maximum atomic E-state index is 4.32. The van der Waals surface area contributed by atoms with E-state index in [-0.39, 0.29) is 0 Å². The lowest BCUT2D eigenvalue weighted by atomic mass is 10.1. The van der Waals surface area contributed by atoms with Crippen LogP contribution < -0.4 is 10.2 Å². The van der Waals surface area contributed by atoms with Gasteiger partial charge in [0.15, 0.2) is 0 Å². The van der Waals surface area contributed by atoms with Crippen molar-refractivity contribution < 1.29 is 0 Å². The molecule has 110 valence electrons. The maximum absolute atomic E-state index is 4.32. The van der Waals surface area contributed by atoms with E-state index in [0.717, 1.165) is 25.0 Å². The Morgan fingerprint density at radius 2 is 2.25 bits per heavy atom. The van der Waals surface area contributed by atoms with E-state index in [0.29, 0.717) is 0 Å². The number of rotatable bonds is 6. The predicted molar refractivity (Wildman–Crippen MR) is 83.0 cm³/mol. The lowest BCUT2D eigenvalue weighted by Crippen LogP contribution is -2.28. The molecule has 1 atom stereocenters. The number of pyridine rings is 1. The Kier molecular flexibility index (Phi) is 4.22. The van der Waals surface area contributed by atoms with Gasteiger partial charge >= 0.3 is 0 Å². The molecule has 20 heavy (non-hydrogen) atoms. The number of aromatic nitrogens is 1. The van der Waals surface area contributed by atoms with Gasteiger partial charge in [0.2, 0.25) is 0 Å². The second-order valence-corrected chi connectivity index (χ2v) is 6.46. The van der Waals surface area contributed by atoms with Crippen LogP contribution >= 0.6 is 0 Å². The second kappa shape index (κ2) is 6.10. The van der Waals surface area contributed by atoms with Crippen LogP contribution in [0, 0.1) is 5.92 Å². The number of anilines is 1. The minimum absolute atomic E-state index is 0.754. The maximum Gasteiger partial charge on any atom is 0.0595 e. The minimum Gasteiger partial charge on any atom is -0.373 e. The topological polar surface area (TPSA) is 31.4 Å². The highest BCUT2D eigenvalue weighted by atomic mass is 15.2. The average molecular weight is 274 g/mol. The van der Waals surface area contributed by atoms with E-state index in [9.17, 15) is 0 Å². The number of likely N-dealkylation sites (tertiary alicyclic amines) is 1. The van der Waals surface area contributed by atoms with Gasteiger partial charge in [-0.25, -0.2) is 0 Å². The van der Waals surface area contributed by atoms with Crippen LogP contribution in [-0.4, -0.2) is 49.7 Å². The summed E-state index contributed by atoms with van der Waals surface area (Å²) in [6.07, 6.45) is 7.92. The van der Waals surface area contributed by atoms with Gasteiger partial charge in [-0.15, -0.1) is 0 Å². The monoisotopic (exact) mass is 274 g/mol. The minimum atomic E-state index is 0.754. The molecule has 1 saturated heterocycles. The molecule has 1 aliphatic carbocycles. The fourth-order valence-corrected chi connectivity index (χ4v) is 3.11. The largest absolute Gasteiger partial charge is 0.373 e. The van der Waals surface area contributed by atoms with Crippen LogP contribution in [0.15, 0.2) is 18.5 Å². The molecule has 4 heteroatoms. The first-order valence-corrected chi connectivity index (χ1v) is 7.78. The second-order valence-electron chi connectivity index (χ2n) is 6.46. The normalized spacial score (nSPS) is 23.2. The van der Waals surface area contributed by atoms with E-state index in [2.05, 4.69) is 40.3 Å². The zero-order valence-corrected chi connectivity index (χ0v) is 12.7. The molecular formula is C16H26N4. The van der Waals surface area contributed by atoms with Crippen molar-refractivity contribution in [1.82, 2.24) is 15.2 Å². The standard InChI is InChI=1S/C16H26N4/c1-19-8-6-13(11-19)12-20(2)16-10-17-7-5-14(16)9-18-15-3-4-15/h5,7,10,13,15,18H,3-4,6,8-9,11-12H2,1-2H3. The number of nitrogens with one attached hydrogen (secondary N) is 1. The lowest BCUT2D eigenvalue weighted by molar-refractivity contribution is 0.396. The molecule has 1 aromatic rings. The molecule has 1 aromatic heterocycles. The molecule has 0 bridgehead atoms. The SMILES string of the molecule is CN1CCC(CN(C)c2cnccc2CNC2CC2)C1. The van der Waals surface area contributed by atoms with Gasteiger partial charge in [0.05, 0.1) is 11.9 Å². The molecule has 0 amide bonds. The summed E-state index contributed by atoms with van der Waals surface area (Å²) in [4.78, 5) is 9.14. The van der Waals surface area contributed by atoms with Crippen molar-refractivity contribution in [3.05, 3.63) is 24.0 Å². The molecule has 2 heterocycles. The summed E-state index contributed by atoms with van der Waals surface area (Å²) in [5.74, 6) is 0.787. The summed E-state index contributed by atoms with van der Waals surface area (Å²) in [7, 11) is 4.42. The zero-order valence-electron chi connectivity index (χ0n) is 12.7. The van der Waals surface area contributed by atoms with Crippen LogP contribution in [0.5, 0.6) is 0 Å². The third kappa shape index (κ3) is 3.49. The van der Waals surface area contributed by atoms with E-state index in [1.807, 2.05) is 12.4 Å². The summed E-state index contributed by atoms with van der Waals surface area (Å²) in [5, 5.41) is 3.61. The molecule has 1 unspecified atom stereocenters. The van der Waals surface area contributed by atoms with Crippen LogP contribution in [0.3, 0.4) is 0 Å². The molecule has 1 N–H and O–H groups in total. The van der Waals surface area contributed by atoms with Crippen molar-refractivity contribution in [3.63, 3.8) is 0 Å². The third-order valence-corrected chi connectivity index (χ3v) is 4.48. The summed E-state index contributed by atoms with van der Waals surface area (Å²) in [6, 6.07) is 2.91. The van der Waals surface area contributed by atoms with Crippen LogP contribution in [0.25, 0.3) is 0 Å². The molecule has 2 fully saturated rings. The summed E-state index contributed by atoms with van der Waals surface area (Å²) < 4.78 is 0. The molecule has 0 radical (unpaired) electrons.